The number of carbonyl (C=O) groups is 1. The Kier molecular flexibility index (Phi) is 3.51. The molecule has 0 saturated carbocycles. The molecule has 0 fully saturated rings. The summed E-state index contributed by atoms with van der Waals surface area (Å²) in [6.07, 6.45) is 3.61. The molecule has 0 spiro atoms. The van der Waals surface area contributed by atoms with Gasteiger partial charge < -0.3 is 10.4 Å². The van der Waals surface area contributed by atoms with E-state index in [1.54, 1.807) is 18.3 Å². The zero-order chi connectivity index (χ0) is 14.7. The molecule has 2 N–H and O–H groups in total. The Balaban J connectivity index is 1.79. The molecule has 3 aromatic rings. The Labute approximate surface area is 122 Å². The van der Waals surface area contributed by atoms with Crippen LogP contribution in [-0.4, -0.2) is 16.1 Å². The maximum absolute atomic E-state index is 10.8. The second-order valence-electron chi connectivity index (χ2n) is 4.76. The smallest absolute Gasteiger partial charge is 0.335 e. The summed E-state index contributed by atoms with van der Waals surface area (Å²) in [4.78, 5) is 15.0. The zero-order valence-electron chi connectivity index (χ0n) is 11.3. The fourth-order valence-electron chi connectivity index (χ4n) is 2.23. The molecule has 0 amide bonds. The molecule has 0 saturated heterocycles. The van der Waals surface area contributed by atoms with Gasteiger partial charge in [-0.2, -0.15) is 0 Å². The van der Waals surface area contributed by atoms with Crippen molar-refractivity contribution in [3.05, 3.63) is 72.1 Å². The van der Waals surface area contributed by atoms with Gasteiger partial charge in [-0.15, -0.1) is 0 Å². The highest BCUT2D eigenvalue weighted by atomic mass is 16.4. The first-order valence-corrected chi connectivity index (χ1v) is 6.63. The number of rotatable bonds is 4. The van der Waals surface area contributed by atoms with Crippen molar-refractivity contribution in [3.8, 4) is 0 Å². The van der Waals surface area contributed by atoms with Crippen LogP contribution in [0.3, 0.4) is 0 Å². The number of pyridine rings is 1. The van der Waals surface area contributed by atoms with Crippen LogP contribution in [0.5, 0.6) is 0 Å². The van der Waals surface area contributed by atoms with Gasteiger partial charge in [0.2, 0.25) is 0 Å². The van der Waals surface area contributed by atoms with Crippen molar-refractivity contribution >= 4 is 22.4 Å². The predicted octanol–water partition coefficient (Wildman–Crippen LogP) is 3.55. The normalized spacial score (nSPS) is 10.5. The van der Waals surface area contributed by atoms with Crippen LogP contribution >= 0.6 is 0 Å². The maximum atomic E-state index is 10.8. The van der Waals surface area contributed by atoms with E-state index in [9.17, 15) is 4.79 Å². The highest BCUT2D eigenvalue weighted by molar-refractivity contribution is 5.93. The molecule has 0 atom stereocenters. The lowest BCUT2D eigenvalue weighted by Crippen LogP contribution is -2.01. The van der Waals surface area contributed by atoms with Crippen molar-refractivity contribution in [2.75, 3.05) is 5.32 Å². The third-order valence-corrected chi connectivity index (χ3v) is 3.37. The van der Waals surface area contributed by atoms with E-state index in [-0.39, 0.29) is 0 Å². The Hall–Kier alpha value is -2.88. The standard InChI is InChI=1S/C17H14N2O2/c20-17(21)14-6-4-12(5-7-14)10-19-16-3-1-2-13-8-9-18-11-15(13)16/h1-9,11,19H,10H2,(H,20,21). The molecule has 0 unspecified atom stereocenters. The average molecular weight is 278 g/mol. The van der Waals surface area contributed by atoms with Gasteiger partial charge in [0.1, 0.15) is 0 Å². The van der Waals surface area contributed by atoms with Crippen molar-refractivity contribution < 1.29 is 9.90 Å². The third-order valence-electron chi connectivity index (χ3n) is 3.37. The van der Waals surface area contributed by atoms with Crippen molar-refractivity contribution in [1.29, 1.82) is 0 Å². The molecule has 4 nitrogen and oxygen atoms in total. The van der Waals surface area contributed by atoms with Gasteiger partial charge in [0.15, 0.2) is 0 Å². The Morgan fingerprint density at radius 2 is 1.90 bits per heavy atom. The van der Waals surface area contributed by atoms with Crippen LogP contribution in [0.25, 0.3) is 10.8 Å². The highest BCUT2D eigenvalue weighted by Gasteiger charge is 2.03. The van der Waals surface area contributed by atoms with Crippen LogP contribution in [0.15, 0.2) is 60.9 Å². The van der Waals surface area contributed by atoms with E-state index in [2.05, 4.69) is 10.3 Å². The molecule has 0 aliphatic carbocycles. The lowest BCUT2D eigenvalue weighted by Gasteiger charge is -2.09. The van der Waals surface area contributed by atoms with Gasteiger partial charge in [-0.3, -0.25) is 4.98 Å². The SMILES string of the molecule is O=C(O)c1ccc(CNc2cccc3ccncc23)cc1. The summed E-state index contributed by atoms with van der Waals surface area (Å²) in [7, 11) is 0. The van der Waals surface area contributed by atoms with Crippen molar-refractivity contribution in [2.45, 2.75) is 6.54 Å². The molecule has 1 aromatic heterocycles. The number of nitrogens with zero attached hydrogens (tertiary/aromatic N) is 1. The van der Waals surface area contributed by atoms with Gasteiger partial charge in [-0.1, -0.05) is 24.3 Å². The quantitative estimate of drug-likeness (QED) is 0.766. The van der Waals surface area contributed by atoms with E-state index in [4.69, 9.17) is 5.11 Å². The van der Waals surface area contributed by atoms with E-state index >= 15 is 0 Å². The van der Waals surface area contributed by atoms with Gasteiger partial charge in [0.05, 0.1) is 5.56 Å². The first kappa shape index (κ1) is 13.1. The maximum Gasteiger partial charge on any atom is 0.335 e. The number of carboxylic acid groups (broad SMARTS) is 1. The van der Waals surface area contributed by atoms with Crippen LogP contribution in [0, 0.1) is 0 Å². The molecule has 104 valence electrons. The number of carboxylic acids is 1. The minimum Gasteiger partial charge on any atom is -0.478 e. The number of fused-ring (bicyclic) bond motifs is 1. The number of hydrogen-bond donors (Lipinski definition) is 2. The molecule has 21 heavy (non-hydrogen) atoms. The Morgan fingerprint density at radius 1 is 1.10 bits per heavy atom. The first-order valence-electron chi connectivity index (χ1n) is 6.63. The lowest BCUT2D eigenvalue weighted by molar-refractivity contribution is 0.0697. The summed E-state index contributed by atoms with van der Waals surface area (Å²) in [5.74, 6) is -0.908. The monoisotopic (exact) mass is 278 g/mol. The van der Waals surface area contributed by atoms with Gasteiger partial charge >= 0.3 is 5.97 Å². The molecular formula is C17H14N2O2. The highest BCUT2D eigenvalue weighted by Crippen LogP contribution is 2.22. The fraction of sp³-hybridized carbons (Fsp3) is 0.0588. The van der Waals surface area contributed by atoms with Crippen molar-refractivity contribution in [3.63, 3.8) is 0 Å². The number of nitrogens with one attached hydrogen (secondary N) is 1. The molecular weight excluding hydrogens is 264 g/mol. The van der Waals surface area contributed by atoms with Gasteiger partial charge in [0.25, 0.3) is 0 Å². The summed E-state index contributed by atoms with van der Waals surface area (Å²) >= 11 is 0. The van der Waals surface area contributed by atoms with Gasteiger partial charge in [0, 0.05) is 30.0 Å². The molecule has 2 aromatic carbocycles. The predicted molar refractivity (Wildman–Crippen MR) is 82.5 cm³/mol. The van der Waals surface area contributed by atoms with E-state index in [1.807, 2.05) is 42.6 Å². The number of aromatic carboxylic acids is 1. The third kappa shape index (κ3) is 2.84. The van der Waals surface area contributed by atoms with E-state index < -0.39 is 5.97 Å². The van der Waals surface area contributed by atoms with Gasteiger partial charge in [-0.25, -0.2) is 4.79 Å². The minimum absolute atomic E-state index is 0.299. The molecule has 0 bridgehead atoms. The van der Waals surface area contributed by atoms with Crippen molar-refractivity contribution in [1.82, 2.24) is 4.98 Å². The Morgan fingerprint density at radius 3 is 2.67 bits per heavy atom. The van der Waals surface area contributed by atoms with Crippen molar-refractivity contribution in [2.24, 2.45) is 0 Å². The van der Waals surface area contributed by atoms with Crippen LogP contribution in [0.4, 0.5) is 5.69 Å². The topological polar surface area (TPSA) is 62.2 Å². The summed E-state index contributed by atoms with van der Waals surface area (Å²) in [6.45, 7) is 0.633. The molecule has 0 aliphatic heterocycles. The summed E-state index contributed by atoms with van der Waals surface area (Å²) in [6, 6.07) is 14.9. The average Bonchev–Trinajstić information content (AvgIpc) is 2.53. The van der Waals surface area contributed by atoms with E-state index in [1.165, 1.54) is 0 Å². The largest absolute Gasteiger partial charge is 0.478 e. The number of anilines is 1. The fourth-order valence-corrected chi connectivity index (χ4v) is 2.23. The lowest BCUT2D eigenvalue weighted by atomic mass is 10.1. The van der Waals surface area contributed by atoms with E-state index in [0.717, 1.165) is 22.0 Å². The van der Waals surface area contributed by atoms with Crippen LogP contribution in [-0.2, 0) is 6.54 Å². The second-order valence-corrected chi connectivity index (χ2v) is 4.76. The molecule has 0 aliphatic rings. The van der Waals surface area contributed by atoms with Gasteiger partial charge in [-0.05, 0) is 35.2 Å². The summed E-state index contributed by atoms with van der Waals surface area (Å²) in [5, 5.41) is 14.5. The van der Waals surface area contributed by atoms with Crippen LogP contribution < -0.4 is 5.32 Å². The number of benzene rings is 2. The summed E-state index contributed by atoms with van der Waals surface area (Å²) in [5.41, 5.74) is 2.34. The van der Waals surface area contributed by atoms with E-state index in [0.29, 0.717) is 12.1 Å². The number of hydrogen-bond acceptors (Lipinski definition) is 3. The summed E-state index contributed by atoms with van der Waals surface area (Å²) < 4.78 is 0. The van der Waals surface area contributed by atoms with Crippen LogP contribution in [0.1, 0.15) is 15.9 Å². The zero-order valence-corrected chi connectivity index (χ0v) is 11.3. The first-order chi connectivity index (χ1) is 10.2. The molecule has 1 heterocycles. The minimum atomic E-state index is -0.908. The van der Waals surface area contributed by atoms with Crippen LogP contribution in [0.2, 0.25) is 0 Å². The second kappa shape index (κ2) is 5.63. The Bertz CT molecular complexity index is 777. The molecule has 4 heteroatoms. The molecule has 3 rings (SSSR count). The molecule has 0 radical (unpaired) electrons. The number of aromatic nitrogens is 1.